The fourth-order valence-corrected chi connectivity index (χ4v) is 1.58. The van der Waals surface area contributed by atoms with Crippen molar-refractivity contribution in [3.05, 3.63) is 29.3 Å². The van der Waals surface area contributed by atoms with Crippen LogP contribution in [0.1, 0.15) is 12.5 Å². The summed E-state index contributed by atoms with van der Waals surface area (Å²) >= 11 is 0. The average molecular weight is 206 g/mol. The third kappa shape index (κ3) is 1.54. The Labute approximate surface area is 86.4 Å². The molecule has 0 spiro atoms. The number of aromatic hydroxyl groups is 1. The minimum Gasteiger partial charge on any atom is -0.508 e. The number of fused-ring (bicyclic) bond motifs is 1. The van der Waals surface area contributed by atoms with Crippen molar-refractivity contribution < 1.29 is 19.7 Å². The summed E-state index contributed by atoms with van der Waals surface area (Å²) in [6, 6.07) is 4.65. The van der Waals surface area contributed by atoms with E-state index in [0.717, 1.165) is 5.56 Å². The van der Waals surface area contributed by atoms with Crippen molar-refractivity contribution in [1.29, 1.82) is 0 Å². The summed E-state index contributed by atoms with van der Waals surface area (Å²) in [6.07, 6.45) is 0. The van der Waals surface area contributed by atoms with Gasteiger partial charge >= 0.3 is 5.97 Å². The minimum absolute atomic E-state index is 0.0393. The second kappa shape index (κ2) is 3.31. The Morgan fingerprint density at radius 2 is 2.20 bits per heavy atom. The summed E-state index contributed by atoms with van der Waals surface area (Å²) in [6.45, 7) is 1.78. The number of carbonyl (C=O) groups is 1. The quantitative estimate of drug-likeness (QED) is 0.733. The van der Waals surface area contributed by atoms with Crippen molar-refractivity contribution in [2.24, 2.45) is 0 Å². The van der Waals surface area contributed by atoms with Crippen molar-refractivity contribution in [3.63, 3.8) is 0 Å². The van der Waals surface area contributed by atoms with Gasteiger partial charge in [-0.2, -0.15) is 0 Å². The smallest absolute Gasteiger partial charge is 0.335 e. The van der Waals surface area contributed by atoms with Crippen LogP contribution in [0.5, 0.6) is 11.5 Å². The van der Waals surface area contributed by atoms with Gasteiger partial charge in [-0.15, -0.1) is 0 Å². The van der Waals surface area contributed by atoms with Gasteiger partial charge in [-0.1, -0.05) is 0 Å². The number of phenols is 1. The molecule has 0 bridgehead atoms. The number of benzene rings is 1. The van der Waals surface area contributed by atoms with Crippen LogP contribution >= 0.6 is 0 Å². The number of carboxylic acids is 1. The molecule has 1 aliphatic heterocycles. The number of allylic oxidation sites excluding steroid dienone is 1. The van der Waals surface area contributed by atoms with E-state index in [9.17, 15) is 9.90 Å². The fraction of sp³-hybridized carbons (Fsp3) is 0.182. The van der Waals surface area contributed by atoms with Crippen LogP contribution in [0.2, 0.25) is 0 Å². The van der Waals surface area contributed by atoms with E-state index in [1.165, 1.54) is 12.1 Å². The van der Waals surface area contributed by atoms with Crippen LogP contribution in [0.4, 0.5) is 0 Å². The summed E-state index contributed by atoms with van der Waals surface area (Å²) < 4.78 is 5.25. The highest BCUT2D eigenvalue weighted by Gasteiger charge is 2.21. The second-order valence-corrected chi connectivity index (χ2v) is 3.38. The normalized spacial score (nSPS) is 14.5. The van der Waals surface area contributed by atoms with Crippen LogP contribution in [-0.4, -0.2) is 22.8 Å². The summed E-state index contributed by atoms with van der Waals surface area (Å²) in [5.74, 6) is -0.330. The molecule has 0 amide bonds. The number of aliphatic carboxylic acids is 1. The van der Waals surface area contributed by atoms with E-state index in [1.807, 2.05) is 0 Å². The number of hydrogen-bond donors (Lipinski definition) is 2. The Balaban J connectivity index is 2.57. The largest absolute Gasteiger partial charge is 0.508 e. The molecule has 1 aromatic rings. The van der Waals surface area contributed by atoms with Crippen molar-refractivity contribution in [3.8, 4) is 11.5 Å². The first kappa shape index (κ1) is 9.58. The van der Waals surface area contributed by atoms with E-state index < -0.39 is 5.97 Å². The van der Waals surface area contributed by atoms with E-state index in [-0.39, 0.29) is 17.9 Å². The first-order chi connectivity index (χ1) is 7.09. The highest BCUT2D eigenvalue weighted by atomic mass is 16.5. The van der Waals surface area contributed by atoms with Gasteiger partial charge in [-0.3, -0.25) is 0 Å². The standard InChI is InChI=1S/C11H10O4/c1-6-8-3-2-7(12)4-10(8)15-5-9(6)11(13)14/h2-4,12H,5H2,1H3,(H,13,14). The Morgan fingerprint density at radius 3 is 2.87 bits per heavy atom. The Kier molecular flexibility index (Phi) is 2.11. The van der Waals surface area contributed by atoms with Crippen molar-refractivity contribution in [2.45, 2.75) is 6.92 Å². The molecular weight excluding hydrogens is 196 g/mol. The maximum Gasteiger partial charge on any atom is 0.335 e. The highest BCUT2D eigenvalue weighted by Crippen LogP contribution is 2.34. The van der Waals surface area contributed by atoms with Crippen LogP contribution in [0.25, 0.3) is 5.57 Å². The van der Waals surface area contributed by atoms with E-state index in [4.69, 9.17) is 9.84 Å². The zero-order chi connectivity index (χ0) is 11.0. The van der Waals surface area contributed by atoms with Crippen LogP contribution in [-0.2, 0) is 4.79 Å². The third-order valence-corrected chi connectivity index (χ3v) is 2.45. The van der Waals surface area contributed by atoms with E-state index >= 15 is 0 Å². The molecule has 1 heterocycles. The molecule has 2 N–H and O–H groups in total. The Hall–Kier alpha value is -1.97. The van der Waals surface area contributed by atoms with Gasteiger partial charge in [0.1, 0.15) is 18.1 Å². The van der Waals surface area contributed by atoms with Gasteiger partial charge in [0.25, 0.3) is 0 Å². The lowest BCUT2D eigenvalue weighted by Gasteiger charge is -2.19. The zero-order valence-corrected chi connectivity index (χ0v) is 8.15. The summed E-state index contributed by atoms with van der Waals surface area (Å²) in [4.78, 5) is 10.9. The number of carboxylic acid groups (broad SMARTS) is 1. The molecule has 1 aliphatic rings. The van der Waals surface area contributed by atoms with E-state index in [1.54, 1.807) is 13.0 Å². The zero-order valence-electron chi connectivity index (χ0n) is 8.15. The lowest BCUT2D eigenvalue weighted by Crippen LogP contribution is -2.16. The summed E-state index contributed by atoms with van der Waals surface area (Å²) in [5.41, 5.74) is 1.66. The molecule has 2 rings (SSSR count). The van der Waals surface area contributed by atoms with Crippen LogP contribution in [0.15, 0.2) is 23.8 Å². The maximum absolute atomic E-state index is 10.9. The molecule has 1 aromatic carbocycles. The van der Waals surface area contributed by atoms with E-state index in [2.05, 4.69) is 0 Å². The third-order valence-electron chi connectivity index (χ3n) is 2.45. The van der Waals surface area contributed by atoms with Gasteiger partial charge in [0.05, 0.1) is 5.57 Å². The first-order valence-electron chi connectivity index (χ1n) is 4.49. The molecule has 0 radical (unpaired) electrons. The predicted molar refractivity (Wildman–Crippen MR) is 53.8 cm³/mol. The number of phenolic OH excluding ortho intramolecular Hbond substituents is 1. The van der Waals surface area contributed by atoms with Gasteiger partial charge in [0.15, 0.2) is 0 Å². The Bertz CT molecular complexity index is 460. The molecule has 0 unspecified atom stereocenters. The fourth-order valence-electron chi connectivity index (χ4n) is 1.58. The molecule has 4 heteroatoms. The van der Waals surface area contributed by atoms with Gasteiger partial charge in [0.2, 0.25) is 0 Å². The van der Waals surface area contributed by atoms with Gasteiger partial charge in [-0.25, -0.2) is 4.79 Å². The number of hydrogen-bond acceptors (Lipinski definition) is 3. The van der Waals surface area contributed by atoms with Crippen LogP contribution in [0.3, 0.4) is 0 Å². The monoisotopic (exact) mass is 206 g/mol. The van der Waals surface area contributed by atoms with Crippen LogP contribution < -0.4 is 4.74 Å². The molecule has 0 atom stereocenters. The molecule has 4 nitrogen and oxygen atoms in total. The molecular formula is C11H10O4. The summed E-state index contributed by atoms with van der Waals surface area (Å²) in [7, 11) is 0. The Morgan fingerprint density at radius 1 is 1.47 bits per heavy atom. The topological polar surface area (TPSA) is 66.8 Å². The lowest BCUT2D eigenvalue weighted by molar-refractivity contribution is -0.133. The molecule has 0 fully saturated rings. The first-order valence-corrected chi connectivity index (χ1v) is 4.49. The molecule has 15 heavy (non-hydrogen) atoms. The van der Waals surface area contributed by atoms with E-state index in [0.29, 0.717) is 11.3 Å². The highest BCUT2D eigenvalue weighted by molar-refractivity contribution is 5.97. The molecule has 0 aliphatic carbocycles. The average Bonchev–Trinajstić information content (AvgIpc) is 2.17. The van der Waals surface area contributed by atoms with Gasteiger partial charge < -0.3 is 14.9 Å². The van der Waals surface area contributed by atoms with Gasteiger partial charge in [0, 0.05) is 11.6 Å². The lowest BCUT2D eigenvalue weighted by atomic mass is 9.98. The molecule has 0 aromatic heterocycles. The molecule has 78 valence electrons. The van der Waals surface area contributed by atoms with Crippen molar-refractivity contribution in [2.75, 3.05) is 6.61 Å². The maximum atomic E-state index is 10.9. The molecule has 0 saturated carbocycles. The molecule has 0 saturated heterocycles. The SMILES string of the molecule is CC1=C(C(=O)O)COc2cc(O)ccc21. The predicted octanol–water partition coefficient (Wildman–Crippen LogP) is 1.64. The second-order valence-electron chi connectivity index (χ2n) is 3.38. The van der Waals surface area contributed by atoms with Crippen molar-refractivity contribution in [1.82, 2.24) is 0 Å². The van der Waals surface area contributed by atoms with Crippen LogP contribution in [0, 0.1) is 0 Å². The minimum atomic E-state index is -0.966. The van der Waals surface area contributed by atoms with Gasteiger partial charge in [-0.05, 0) is 24.6 Å². The van der Waals surface area contributed by atoms with Crippen molar-refractivity contribution >= 4 is 11.5 Å². The number of ether oxygens (including phenoxy) is 1. The number of rotatable bonds is 1. The summed E-state index contributed by atoms with van der Waals surface area (Å²) in [5, 5.41) is 18.1.